The van der Waals surface area contributed by atoms with E-state index in [1.165, 1.54) is 19.1 Å². The summed E-state index contributed by atoms with van der Waals surface area (Å²) in [5.74, 6) is -0.572. The Morgan fingerprint density at radius 1 is 1.10 bits per heavy atom. The SMILES string of the molecule is COCOCC1(COCOC)CN(C(=O)OC(C)(C)C)CC=C1OS(=O)(=O)C(F)(F)F. The normalized spacial score (nSPS) is 17.3. The molecule has 0 N–H and O–H groups in total. The molecule has 14 heteroatoms. The highest BCUT2D eigenvalue weighted by atomic mass is 32.2. The second-order valence-electron chi connectivity index (χ2n) is 7.70. The van der Waals surface area contributed by atoms with Gasteiger partial charge in [-0.15, -0.1) is 0 Å². The van der Waals surface area contributed by atoms with Crippen molar-refractivity contribution >= 4 is 16.2 Å². The molecule has 1 amide bonds. The largest absolute Gasteiger partial charge is 0.534 e. The lowest BCUT2D eigenvalue weighted by atomic mass is 9.84. The van der Waals surface area contributed by atoms with Gasteiger partial charge < -0.3 is 32.8 Å². The maximum Gasteiger partial charge on any atom is 0.534 e. The Morgan fingerprint density at radius 3 is 2.03 bits per heavy atom. The molecule has 0 bridgehead atoms. The molecule has 0 radical (unpaired) electrons. The molecule has 0 aromatic rings. The summed E-state index contributed by atoms with van der Waals surface area (Å²) in [4.78, 5) is 13.7. The van der Waals surface area contributed by atoms with Gasteiger partial charge in [0.1, 0.15) is 24.9 Å². The van der Waals surface area contributed by atoms with Crippen molar-refractivity contribution in [1.29, 1.82) is 0 Å². The zero-order valence-electron chi connectivity index (χ0n) is 18.0. The van der Waals surface area contributed by atoms with Crippen molar-refractivity contribution in [3.63, 3.8) is 0 Å². The second-order valence-corrected chi connectivity index (χ2v) is 9.24. The number of methoxy groups -OCH3 is 2. The Morgan fingerprint density at radius 2 is 1.61 bits per heavy atom. The predicted molar refractivity (Wildman–Crippen MR) is 100 cm³/mol. The van der Waals surface area contributed by atoms with Crippen molar-refractivity contribution in [1.82, 2.24) is 4.90 Å². The number of alkyl halides is 3. The molecule has 0 fully saturated rings. The Balaban J connectivity index is 3.33. The van der Waals surface area contributed by atoms with Gasteiger partial charge in [0.2, 0.25) is 0 Å². The van der Waals surface area contributed by atoms with Gasteiger partial charge in [-0.05, 0) is 26.8 Å². The number of carbonyl (C=O) groups excluding carboxylic acids is 1. The molecule has 0 saturated carbocycles. The Kier molecular flexibility index (Phi) is 9.56. The van der Waals surface area contributed by atoms with E-state index in [0.29, 0.717) is 0 Å². The minimum Gasteiger partial charge on any atom is -0.444 e. The van der Waals surface area contributed by atoms with E-state index < -0.39 is 38.5 Å². The van der Waals surface area contributed by atoms with Crippen LogP contribution in [0.2, 0.25) is 0 Å². The molecule has 0 atom stereocenters. The summed E-state index contributed by atoms with van der Waals surface area (Å²) in [7, 11) is -3.33. The first-order valence-electron chi connectivity index (χ1n) is 9.00. The molecule has 0 aliphatic carbocycles. The van der Waals surface area contributed by atoms with E-state index in [-0.39, 0.29) is 39.9 Å². The van der Waals surface area contributed by atoms with Crippen molar-refractivity contribution in [2.75, 3.05) is 54.1 Å². The van der Waals surface area contributed by atoms with E-state index in [9.17, 15) is 26.4 Å². The van der Waals surface area contributed by atoms with Crippen molar-refractivity contribution in [3.8, 4) is 0 Å². The summed E-state index contributed by atoms with van der Waals surface area (Å²) in [5.41, 5.74) is -8.11. The van der Waals surface area contributed by atoms with E-state index in [2.05, 4.69) is 4.18 Å². The number of ether oxygens (including phenoxy) is 5. The number of hydrogen-bond donors (Lipinski definition) is 0. The van der Waals surface area contributed by atoms with E-state index in [1.807, 2.05) is 0 Å². The van der Waals surface area contributed by atoms with Crippen molar-refractivity contribution < 1.29 is 54.3 Å². The molecule has 0 aromatic heterocycles. The summed E-state index contributed by atoms with van der Waals surface area (Å²) in [6.45, 7) is 3.09. The van der Waals surface area contributed by atoms with Crippen molar-refractivity contribution in [3.05, 3.63) is 11.8 Å². The first-order chi connectivity index (χ1) is 14.2. The fourth-order valence-electron chi connectivity index (χ4n) is 2.59. The van der Waals surface area contributed by atoms with Gasteiger partial charge in [-0.3, -0.25) is 0 Å². The molecule has 0 spiro atoms. The quantitative estimate of drug-likeness (QED) is 0.202. The first-order valence-corrected chi connectivity index (χ1v) is 10.4. The summed E-state index contributed by atoms with van der Waals surface area (Å²) in [6, 6.07) is 0. The Hall–Kier alpha value is -1.61. The molecular formula is C17H28F3NO9S. The van der Waals surface area contributed by atoms with Crippen LogP contribution in [0.4, 0.5) is 18.0 Å². The fourth-order valence-corrected chi connectivity index (χ4v) is 3.16. The van der Waals surface area contributed by atoms with Crippen LogP contribution in [0.25, 0.3) is 0 Å². The Labute approximate surface area is 179 Å². The van der Waals surface area contributed by atoms with Gasteiger partial charge in [-0.2, -0.15) is 21.6 Å². The highest BCUT2D eigenvalue weighted by molar-refractivity contribution is 7.87. The van der Waals surface area contributed by atoms with Gasteiger partial charge in [0.05, 0.1) is 18.6 Å². The summed E-state index contributed by atoms with van der Waals surface area (Å²) in [5, 5.41) is 0. The third kappa shape index (κ3) is 8.11. The maximum absolute atomic E-state index is 12.9. The van der Waals surface area contributed by atoms with Crippen LogP contribution in [0.5, 0.6) is 0 Å². The molecule has 31 heavy (non-hydrogen) atoms. The van der Waals surface area contributed by atoms with E-state index in [4.69, 9.17) is 23.7 Å². The number of nitrogens with zero attached hydrogens (tertiary/aromatic N) is 1. The van der Waals surface area contributed by atoms with Gasteiger partial charge >= 0.3 is 21.7 Å². The minimum absolute atomic E-state index is 0.252. The van der Waals surface area contributed by atoms with Gasteiger partial charge in [0, 0.05) is 27.3 Å². The topological polar surface area (TPSA) is 110 Å². The van der Waals surface area contributed by atoms with E-state index in [0.717, 1.165) is 6.08 Å². The fraction of sp³-hybridized carbons (Fsp3) is 0.824. The van der Waals surface area contributed by atoms with Crippen LogP contribution < -0.4 is 0 Å². The van der Waals surface area contributed by atoms with Crippen LogP contribution in [0.3, 0.4) is 0 Å². The Bertz CT molecular complexity index is 722. The number of halogens is 3. The van der Waals surface area contributed by atoms with Crippen LogP contribution in [0.1, 0.15) is 20.8 Å². The average Bonchev–Trinajstić information content (AvgIpc) is 2.61. The highest BCUT2D eigenvalue weighted by Gasteiger charge is 2.52. The zero-order valence-corrected chi connectivity index (χ0v) is 18.8. The lowest BCUT2D eigenvalue weighted by molar-refractivity contribution is -0.116. The molecule has 10 nitrogen and oxygen atoms in total. The third-order valence-electron chi connectivity index (χ3n) is 3.81. The molecule has 1 heterocycles. The van der Waals surface area contributed by atoms with Crippen LogP contribution in [0, 0.1) is 5.41 Å². The smallest absolute Gasteiger partial charge is 0.444 e. The molecule has 1 aliphatic heterocycles. The van der Waals surface area contributed by atoms with Crippen molar-refractivity contribution in [2.24, 2.45) is 5.41 Å². The molecular weight excluding hydrogens is 451 g/mol. The van der Waals surface area contributed by atoms with E-state index >= 15 is 0 Å². The lowest BCUT2D eigenvalue weighted by Crippen LogP contribution is -2.52. The maximum atomic E-state index is 12.9. The van der Waals surface area contributed by atoms with Gasteiger partial charge in [0.15, 0.2) is 0 Å². The van der Waals surface area contributed by atoms with Crippen molar-refractivity contribution in [2.45, 2.75) is 31.9 Å². The van der Waals surface area contributed by atoms with Crippen LogP contribution >= 0.6 is 0 Å². The van der Waals surface area contributed by atoms with Crippen LogP contribution in [-0.2, 0) is 38.0 Å². The predicted octanol–water partition coefficient (Wildman–Crippen LogP) is 2.21. The van der Waals surface area contributed by atoms with E-state index in [1.54, 1.807) is 20.8 Å². The average molecular weight is 479 g/mol. The van der Waals surface area contributed by atoms with Gasteiger partial charge in [0.25, 0.3) is 0 Å². The number of rotatable bonds is 10. The molecule has 0 unspecified atom stereocenters. The van der Waals surface area contributed by atoms with Crippen LogP contribution in [-0.4, -0.2) is 84.6 Å². The third-order valence-corrected chi connectivity index (χ3v) is 4.77. The number of carbonyl (C=O) groups is 1. The standard InChI is InChI=1S/C17H28F3NO9S/c1-15(2,3)29-14(22)21-7-6-13(30-31(23,24)17(18,19)20)16(8-21,9-27-11-25-4)10-28-12-26-5/h6H,7-12H2,1-5H3. The molecule has 182 valence electrons. The summed E-state index contributed by atoms with van der Waals surface area (Å²) in [6.07, 6.45) is 0.285. The molecule has 1 rings (SSSR count). The lowest BCUT2D eigenvalue weighted by Gasteiger charge is -2.41. The summed E-state index contributed by atoms with van der Waals surface area (Å²) >= 11 is 0. The summed E-state index contributed by atoms with van der Waals surface area (Å²) < 4.78 is 91.9. The second kappa shape index (κ2) is 10.8. The number of amides is 1. The monoisotopic (exact) mass is 479 g/mol. The van der Waals surface area contributed by atoms with Gasteiger partial charge in [-0.25, -0.2) is 4.79 Å². The molecule has 0 aromatic carbocycles. The molecule has 0 saturated heterocycles. The first kappa shape index (κ1) is 27.4. The minimum atomic E-state index is -5.97. The van der Waals surface area contributed by atoms with Gasteiger partial charge in [-0.1, -0.05) is 0 Å². The van der Waals surface area contributed by atoms with Crippen LogP contribution in [0.15, 0.2) is 11.8 Å². The zero-order chi connectivity index (χ0) is 23.9. The number of hydrogen-bond acceptors (Lipinski definition) is 9. The molecule has 1 aliphatic rings. The highest BCUT2D eigenvalue weighted by Crippen LogP contribution is 2.38.